The third-order valence-electron chi connectivity index (χ3n) is 4.22. The van der Waals surface area contributed by atoms with Crippen LogP contribution in [-0.4, -0.2) is 18.9 Å². The molecule has 0 radical (unpaired) electrons. The van der Waals surface area contributed by atoms with Gasteiger partial charge in [-0.1, -0.05) is 36.7 Å². The van der Waals surface area contributed by atoms with Crippen LogP contribution in [0.15, 0.2) is 36.4 Å². The van der Waals surface area contributed by atoms with Crippen molar-refractivity contribution in [1.82, 2.24) is 0 Å². The van der Waals surface area contributed by atoms with Crippen LogP contribution in [0.3, 0.4) is 0 Å². The van der Waals surface area contributed by atoms with Crippen molar-refractivity contribution >= 4 is 17.6 Å². The van der Waals surface area contributed by atoms with E-state index in [2.05, 4.69) is 0 Å². The Hall–Kier alpha value is -2.40. The summed E-state index contributed by atoms with van der Waals surface area (Å²) in [5.41, 5.74) is 1.76. The van der Waals surface area contributed by atoms with Crippen LogP contribution < -0.4 is 14.2 Å². The van der Waals surface area contributed by atoms with Crippen LogP contribution in [0.5, 0.6) is 17.2 Å². The first-order valence-corrected chi connectivity index (χ1v) is 8.01. The number of hydrogen-bond donors (Lipinski definition) is 0. The minimum absolute atomic E-state index is 0.0472. The lowest BCUT2D eigenvalue weighted by molar-refractivity contribution is -0.153. The van der Waals surface area contributed by atoms with Crippen LogP contribution in [0.4, 0.5) is 0 Å². The van der Waals surface area contributed by atoms with Crippen molar-refractivity contribution in [2.45, 2.75) is 25.6 Å². The summed E-state index contributed by atoms with van der Waals surface area (Å²) in [7, 11) is 0. The summed E-state index contributed by atoms with van der Waals surface area (Å²) in [6.07, 6.45) is -0.633. The highest BCUT2D eigenvalue weighted by Crippen LogP contribution is 2.40. The van der Waals surface area contributed by atoms with Gasteiger partial charge in [-0.05, 0) is 23.8 Å². The minimum atomic E-state index is -0.633. The predicted molar refractivity (Wildman–Crippen MR) is 86.6 cm³/mol. The zero-order valence-electron chi connectivity index (χ0n) is 13.0. The van der Waals surface area contributed by atoms with Gasteiger partial charge in [0, 0.05) is 11.5 Å². The Kier molecular flexibility index (Phi) is 3.73. The third-order valence-corrected chi connectivity index (χ3v) is 4.50. The van der Waals surface area contributed by atoms with Gasteiger partial charge in [0.05, 0.1) is 5.02 Å². The van der Waals surface area contributed by atoms with Gasteiger partial charge in [0.15, 0.2) is 11.5 Å². The van der Waals surface area contributed by atoms with Crippen molar-refractivity contribution in [2.24, 2.45) is 0 Å². The van der Waals surface area contributed by atoms with Gasteiger partial charge in [-0.25, -0.2) is 4.79 Å². The molecule has 2 aromatic carbocycles. The van der Waals surface area contributed by atoms with E-state index in [9.17, 15) is 4.79 Å². The molecule has 2 unspecified atom stereocenters. The van der Waals surface area contributed by atoms with Gasteiger partial charge >= 0.3 is 5.97 Å². The Labute approximate surface area is 144 Å². The zero-order chi connectivity index (χ0) is 16.7. The molecule has 2 atom stereocenters. The number of halogens is 1. The quantitative estimate of drug-likeness (QED) is 0.794. The molecule has 124 valence electrons. The first-order chi connectivity index (χ1) is 11.6. The summed E-state index contributed by atoms with van der Waals surface area (Å²) < 4.78 is 21.7. The van der Waals surface area contributed by atoms with Crippen molar-refractivity contribution in [3.63, 3.8) is 0 Å². The highest BCUT2D eigenvalue weighted by atomic mass is 35.5. The molecule has 0 spiro atoms. The molecule has 0 saturated heterocycles. The van der Waals surface area contributed by atoms with E-state index >= 15 is 0 Å². The number of para-hydroxylation sites is 1. The largest absolute Gasteiger partial charge is 0.478 e. The van der Waals surface area contributed by atoms with E-state index < -0.39 is 12.1 Å². The Bertz CT molecular complexity index is 804. The number of benzene rings is 2. The van der Waals surface area contributed by atoms with Crippen molar-refractivity contribution in [1.29, 1.82) is 0 Å². The Morgan fingerprint density at radius 3 is 2.92 bits per heavy atom. The van der Waals surface area contributed by atoms with Crippen LogP contribution in [0.2, 0.25) is 5.02 Å². The second kappa shape index (κ2) is 5.91. The fourth-order valence-corrected chi connectivity index (χ4v) is 3.25. The van der Waals surface area contributed by atoms with Crippen molar-refractivity contribution in [3.8, 4) is 17.2 Å². The van der Waals surface area contributed by atoms with Crippen LogP contribution >= 0.6 is 11.6 Å². The zero-order valence-corrected chi connectivity index (χ0v) is 13.7. The van der Waals surface area contributed by atoms with Gasteiger partial charge in [-0.15, -0.1) is 0 Å². The Morgan fingerprint density at radius 1 is 1.25 bits per heavy atom. The van der Waals surface area contributed by atoms with E-state index in [4.69, 9.17) is 30.5 Å². The van der Waals surface area contributed by atoms with Crippen molar-refractivity contribution in [3.05, 3.63) is 52.5 Å². The van der Waals surface area contributed by atoms with E-state index in [0.29, 0.717) is 16.5 Å². The Balaban J connectivity index is 1.44. The minimum Gasteiger partial charge on any atom is -0.478 e. The molecular weight excluding hydrogens is 332 g/mol. The molecule has 2 aromatic rings. The molecule has 0 amide bonds. The fraction of sp³-hybridized carbons (Fsp3) is 0.278. The summed E-state index contributed by atoms with van der Waals surface area (Å²) in [5, 5.41) is 0.439. The number of rotatable bonds is 3. The number of hydrogen-bond acceptors (Lipinski definition) is 5. The highest BCUT2D eigenvalue weighted by molar-refractivity contribution is 6.32. The van der Waals surface area contributed by atoms with Gasteiger partial charge in [0.1, 0.15) is 12.4 Å². The van der Waals surface area contributed by atoms with E-state index in [1.165, 1.54) is 0 Å². The van der Waals surface area contributed by atoms with Crippen molar-refractivity contribution in [2.75, 3.05) is 6.79 Å². The normalized spacial score (nSPS) is 20.4. The third kappa shape index (κ3) is 2.55. The number of ether oxygens (including phenoxy) is 4. The first-order valence-electron chi connectivity index (χ1n) is 7.63. The number of carbonyl (C=O) groups excluding carboxylic acids is 1. The van der Waals surface area contributed by atoms with Gasteiger partial charge in [0.2, 0.25) is 12.9 Å². The first kappa shape index (κ1) is 15.1. The van der Waals surface area contributed by atoms with E-state index in [0.717, 1.165) is 16.9 Å². The van der Waals surface area contributed by atoms with Gasteiger partial charge in [-0.2, -0.15) is 0 Å². The summed E-state index contributed by atoms with van der Waals surface area (Å²) in [5.74, 6) is 1.38. The summed E-state index contributed by atoms with van der Waals surface area (Å²) in [6, 6.07) is 11.1. The number of esters is 1. The lowest BCUT2D eigenvalue weighted by Gasteiger charge is -2.14. The van der Waals surface area contributed by atoms with Crippen LogP contribution in [0, 0.1) is 0 Å². The molecule has 0 saturated carbocycles. The predicted octanol–water partition coefficient (Wildman–Crippen LogP) is 3.68. The number of fused-ring (bicyclic) bond motifs is 2. The standard InChI is InChI=1S/C18H15ClO5/c1-10-12-4-2-3-5-14(12)24-16(10)18(20)21-8-11-6-13(19)17-15(7-11)22-9-23-17/h2-7,10,16H,8-9H2,1H3. The van der Waals surface area contributed by atoms with E-state index in [1.807, 2.05) is 31.2 Å². The monoisotopic (exact) mass is 346 g/mol. The second-order valence-corrected chi connectivity index (χ2v) is 6.19. The smallest absolute Gasteiger partial charge is 0.348 e. The lowest BCUT2D eigenvalue weighted by Crippen LogP contribution is -2.29. The van der Waals surface area contributed by atoms with E-state index in [1.54, 1.807) is 12.1 Å². The molecule has 2 heterocycles. The maximum atomic E-state index is 12.4. The molecule has 0 N–H and O–H groups in total. The molecule has 2 aliphatic rings. The average Bonchev–Trinajstić information content (AvgIpc) is 3.18. The Morgan fingerprint density at radius 2 is 2.08 bits per heavy atom. The lowest BCUT2D eigenvalue weighted by atomic mass is 9.98. The molecule has 5 nitrogen and oxygen atoms in total. The fourth-order valence-electron chi connectivity index (χ4n) is 2.96. The van der Waals surface area contributed by atoms with Gasteiger partial charge in [-0.3, -0.25) is 0 Å². The molecule has 4 rings (SSSR count). The highest BCUT2D eigenvalue weighted by Gasteiger charge is 2.37. The maximum Gasteiger partial charge on any atom is 0.348 e. The molecule has 6 heteroatoms. The number of carbonyl (C=O) groups is 1. The maximum absolute atomic E-state index is 12.4. The molecule has 0 bridgehead atoms. The SMILES string of the molecule is CC1c2ccccc2OC1C(=O)OCc1cc(Cl)c2c(c1)OCO2. The molecular formula is C18H15ClO5. The van der Waals surface area contributed by atoms with Crippen LogP contribution in [0.1, 0.15) is 24.0 Å². The van der Waals surface area contributed by atoms with Gasteiger partial charge in [0.25, 0.3) is 0 Å². The average molecular weight is 347 g/mol. The van der Waals surface area contributed by atoms with Crippen LogP contribution in [0.25, 0.3) is 0 Å². The van der Waals surface area contributed by atoms with Gasteiger partial charge < -0.3 is 18.9 Å². The summed E-state index contributed by atoms with van der Waals surface area (Å²) in [4.78, 5) is 12.4. The molecule has 24 heavy (non-hydrogen) atoms. The van der Waals surface area contributed by atoms with E-state index in [-0.39, 0.29) is 19.3 Å². The summed E-state index contributed by atoms with van der Waals surface area (Å²) in [6.45, 7) is 2.19. The topological polar surface area (TPSA) is 54.0 Å². The van der Waals surface area contributed by atoms with Crippen LogP contribution in [-0.2, 0) is 16.1 Å². The van der Waals surface area contributed by atoms with Crippen molar-refractivity contribution < 1.29 is 23.7 Å². The second-order valence-electron chi connectivity index (χ2n) is 5.78. The molecule has 2 aliphatic heterocycles. The molecule has 0 fully saturated rings. The summed E-state index contributed by atoms with van der Waals surface area (Å²) >= 11 is 6.13. The molecule has 0 aliphatic carbocycles. The molecule has 0 aromatic heterocycles.